The minimum Gasteiger partial charge on any atom is -0.373 e. The molecule has 0 unspecified atom stereocenters. The smallest absolute Gasteiger partial charge is 0.228 e. The SMILES string of the molecule is [2H]C([2H])([2H])Nc1ncc(C#Cc2cnn(C3CC3)c2C)c2cc(NC(=O)C3CC3)ncc12. The van der Waals surface area contributed by atoms with Crippen molar-refractivity contribution in [3.63, 3.8) is 0 Å². The third-order valence-corrected chi connectivity index (χ3v) is 5.36. The predicted octanol–water partition coefficient (Wildman–Crippen LogP) is 3.26. The third kappa shape index (κ3) is 3.42. The van der Waals surface area contributed by atoms with Crippen LogP contribution in [0.3, 0.4) is 0 Å². The number of pyridine rings is 2. The molecule has 3 heterocycles. The molecule has 2 saturated carbocycles. The van der Waals surface area contributed by atoms with Gasteiger partial charge in [-0.2, -0.15) is 5.10 Å². The third-order valence-electron chi connectivity index (χ3n) is 5.36. The maximum atomic E-state index is 12.2. The second-order valence-corrected chi connectivity index (χ2v) is 7.59. The lowest BCUT2D eigenvalue weighted by Gasteiger charge is -2.09. The van der Waals surface area contributed by atoms with Gasteiger partial charge in [-0.05, 0) is 38.7 Å². The Balaban J connectivity index is 1.54. The molecule has 2 fully saturated rings. The van der Waals surface area contributed by atoms with Crippen LogP contribution in [-0.4, -0.2) is 32.6 Å². The van der Waals surface area contributed by atoms with Gasteiger partial charge in [0.15, 0.2) is 0 Å². The zero-order valence-corrected chi connectivity index (χ0v) is 16.0. The number of carbonyl (C=O) groups is 1. The van der Waals surface area contributed by atoms with E-state index in [0.29, 0.717) is 28.2 Å². The van der Waals surface area contributed by atoms with Crippen molar-refractivity contribution >= 4 is 28.3 Å². The molecular weight excluding hydrogens is 364 g/mol. The number of hydrogen-bond donors (Lipinski definition) is 2. The van der Waals surface area contributed by atoms with Gasteiger partial charge in [0.25, 0.3) is 0 Å². The van der Waals surface area contributed by atoms with Gasteiger partial charge >= 0.3 is 0 Å². The molecule has 0 spiro atoms. The van der Waals surface area contributed by atoms with Crippen LogP contribution in [0.25, 0.3) is 10.8 Å². The number of anilines is 2. The van der Waals surface area contributed by atoms with E-state index in [1.54, 1.807) is 12.3 Å². The van der Waals surface area contributed by atoms with Gasteiger partial charge in [-0.15, -0.1) is 0 Å². The highest BCUT2D eigenvalue weighted by molar-refractivity contribution is 5.99. The van der Waals surface area contributed by atoms with Gasteiger partial charge < -0.3 is 10.6 Å². The van der Waals surface area contributed by atoms with Gasteiger partial charge in [0.1, 0.15) is 11.6 Å². The van der Waals surface area contributed by atoms with E-state index in [1.807, 2.05) is 11.6 Å². The molecule has 2 N–H and O–H groups in total. The van der Waals surface area contributed by atoms with Gasteiger partial charge in [-0.3, -0.25) is 9.48 Å². The summed E-state index contributed by atoms with van der Waals surface area (Å²) < 4.78 is 24.6. The first kappa shape index (κ1) is 14.6. The van der Waals surface area contributed by atoms with E-state index in [2.05, 4.69) is 37.5 Å². The molecule has 2 aliphatic rings. The van der Waals surface area contributed by atoms with Crippen LogP contribution < -0.4 is 10.6 Å². The first-order chi connectivity index (χ1) is 15.3. The Labute approximate surface area is 173 Å². The van der Waals surface area contributed by atoms with Crippen molar-refractivity contribution in [2.24, 2.45) is 5.92 Å². The van der Waals surface area contributed by atoms with E-state index >= 15 is 0 Å². The number of hydrogen-bond acceptors (Lipinski definition) is 5. The maximum absolute atomic E-state index is 12.2. The van der Waals surface area contributed by atoms with Crippen molar-refractivity contribution in [1.82, 2.24) is 19.7 Å². The van der Waals surface area contributed by atoms with Crippen molar-refractivity contribution in [1.29, 1.82) is 0 Å². The zero-order chi connectivity index (χ0) is 22.5. The predicted molar refractivity (Wildman–Crippen MR) is 112 cm³/mol. The van der Waals surface area contributed by atoms with Crippen molar-refractivity contribution in [2.75, 3.05) is 17.6 Å². The maximum Gasteiger partial charge on any atom is 0.228 e. The van der Waals surface area contributed by atoms with Crippen molar-refractivity contribution in [3.8, 4) is 11.8 Å². The molecule has 5 rings (SSSR count). The highest BCUT2D eigenvalue weighted by atomic mass is 16.2. The summed E-state index contributed by atoms with van der Waals surface area (Å²) in [5, 5.41) is 10.9. The van der Waals surface area contributed by atoms with Crippen molar-refractivity contribution in [2.45, 2.75) is 38.6 Å². The zero-order valence-electron chi connectivity index (χ0n) is 19.0. The summed E-state index contributed by atoms with van der Waals surface area (Å²) in [5.74, 6) is 6.90. The van der Waals surface area contributed by atoms with Gasteiger partial charge in [0.2, 0.25) is 5.91 Å². The fourth-order valence-corrected chi connectivity index (χ4v) is 3.34. The van der Waals surface area contributed by atoms with E-state index in [0.717, 1.165) is 36.9 Å². The summed E-state index contributed by atoms with van der Waals surface area (Å²) in [6.07, 6.45) is 8.89. The lowest BCUT2D eigenvalue weighted by molar-refractivity contribution is -0.117. The molecule has 3 aromatic heterocycles. The topological polar surface area (TPSA) is 84.7 Å². The van der Waals surface area contributed by atoms with Crippen LogP contribution in [0.15, 0.2) is 24.7 Å². The average Bonchev–Trinajstić information content (AvgIpc) is 3.65. The second-order valence-electron chi connectivity index (χ2n) is 7.59. The summed E-state index contributed by atoms with van der Waals surface area (Å²) in [6.45, 7) is -0.398. The minimum atomic E-state index is -2.40. The van der Waals surface area contributed by atoms with Crippen LogP contribution in [0.2, 0.25) is 0 Å². The molecule has 0 atom stereocenters. The van der Waals surface area contributed by atoms with Crippen LogP contribution in [-0.2, 0) is 4.79 Å². The Morgan fingerprint density at radius 3 is 2.72 bits per heavy atom. The monoisotopic (exact) mass is 389 g/mol. The first-order valence-corrected chi connectivity index (χ1v) is 9.72. The number of amides is 1. The largest absolute Gasteiger partial charge is 0.373 e. The Hall–Kier alpha value is -3.40. The van der Waals surface area contributed by atoms with Gasteiger partial charge in [0, 0.05) is 40.2 Å². The van der Waals surface area contributed by atoms with Crippen LogP contribution in [0.4, 0.5) is 11.6 Å². The number of rotatable bonds is 4. The average molecular weight is 389 g/mol. The van der Waals surface area contributed by atoms with Gasteiger partial charge in [0.05, 0.1) is 29.1 Å². The number of nitrogens with zero attached hydrogens (tertiary/aromatic N) is 4. The van der Waals surface area contributed by atoms with Gasteiger partial charge in [-0.1, -0.05) is 11.8 Å². The fourth-order valence-electron chi connectivity index (χ4n) is 3.34. The molecule has 0 radical (unpaired) electrons. The fraction of sp³-hybridized carbons (Fsp3) is 0.364. The highest BCUT2D eigenvalue weighted by Crippen LogP contribution is 2.35. The van der Waals surface area contributed by atoms with Crippen LogP contribution in [0, 0.1) is 24.7 Å². The lowest BCUT2D eigenvalue weighted by Crippen LogP contribution is -2.14. The lowest BCUT2D eigenvalue weighted by atomic mass is 10.1. The molecule has 3 aromatic rings. The number of carbonyl (C=O) groups excluding carboxylic acids is 1. The quantitative estimate of drug-likeness (QED) is 0.669. The normalized spacial score (nSPS) is 17.6. The molecule has 7 heteroatoms. The van der Waals surface area contributed by atoms with E-state index < -0.39 is 6.98 Å². The molecule has 1 amide bonds. The summed E-state index contributed by atoms with van der Waals surface area (Å²) >= 11 is 0. The Morgan fingerprint density at radius 1 is 1.14 bits per heavy atom. The summed E-state index contributed by atoms with van der Waals surface area (Å²) in [7, 11) is 0. The molecule has 7 nitrogen and oxygen atoms in total. The number of fused-ring (bicyclic) bond motifs is 1. The molecular formula is C22H22N6O. The van der Waals surface area contributed by atoms with Gasteiger partial charge in [-0.25, -0.2) is 9.97 Å². The molecule has 29 heavy (non-hydrogen) atoms. The van der Waals surface area contributed by atoms with E-state index in [-0.39, 0.29) is 17.6 Å². The summed E-state index contributed by atoms with van der Waals surface area (Å²) in [4.78, 5) is 20.7. The molecule has 2 aliphatic carbocycles. The number of nitrogens with one attached hydrogen (secondary N) is 2. The Bertz CT molecular complexity index is 1280. The van der Waals surface area contributed by atoms with E-state index in [1.165, 1.54) is 12.4 Å². The number of aromatic nitrogens is 4. The summed E-state index contributed by atoms with van der Waals surface area (Å²) in [5.41, 5.74) is 2.47. The summed E-state index contributed by atoms with van der Waals surface area (Å²) in [6, 6.07) is 2.19. The van der Waals surface area contributed by atoms with Crippen molar-refractivity contribution in [3.05, 3.63) is 41.5 Å². The highest BCUT2D eigenvalue weighted by Gasteiger charge is 2.30. The molecule has 146 valence electrons. The van der Waals surface area contributed by atoms with E-state index in [9.17, 15) is 4.79 Å². The molecule has 0 saturated heterocycles. The Morgan fingerprint density at radius 2 is 1.97 bits per heavy atom. The first-order valence-electron chi connectivity index (χ1n) is 11.2. The molecule has 0 bridgehead atoms. The molecule has 0 aromatic carbocycles. The van der Waals surface area contributed by atoms with Crippen LogP contribution in [0.5, 0.6) is 0 Å². The Kier molecular flexibility index (Phi) is 3.46. The standard InChI is InChI=1S/C22H22N6O/c1-13-15(11-26-28(13)17-7-8-17)5-6-16-10-25-21(23-2)19-12-24-20(9-18(16)19)27-22(29)14-3-4-14/h9-12,14,17H,3-4,7-8H2,1-2H3,(H,23,25)(H,24,27,29)/i2D3. The van der Waals surface area contributed by atoms with Crippen molar-refractivity contribution < 1.29 is 8.91 Å². The van der Waals surface area contributed by atoms with Crippen LogP contribution in [0.1, 0.15) is 52.7 Å². The van der Waals surface area contributed by atoms with E-state index in [4.69, 9.17) is 4.11 Å². The van der Waals surface area contributed by atoms with Crippen LogP contribution >= 0.6 is 0 Å². The second kappa shape index (κ2) is 6.89. The molecule has 0 aliphatic heterocycles. The minimum absolute atomic E-state index is 0.0444.